The fourth-order valence-corrected chi connectivity index (χ4v) is 4.27. The quantitative estimate of drug-likeness (QED) is 0.414. The largest absolute Gasteiger partial charge is 0.465 e. The number of rotatable bonds is 4. The van der Waals surface area contributed by atoms with E-state index in [4.69, 9.17) is 32.4 Å². The topological polar surface area (TPSA) is 39.4 Å². The first kappa shape index (κ1) is 17.2. The van der Waals surface area contributed by atoms with Gasteiger partial charge in [0.2, 0.25) is 0 Å². The molecule has 0 saturated carbocycles. The van der Waals surface area contributed by atoms with Crippen LogP contribution in [0.4, 0.5) is 0 Å². The maximum absolute atomic E-state index is 12.9. The summed E-state index contributed by atoms with van der Waals surface area (Å²) < 4.78 is 11.4. The lowest BCUT2D eigenvalue weighted by Crippen LogP contribution is -2.37. The van der Waals surface area contributed by atoms with Gasteiger partial charge in [-0.05, 0) is 29.8 Å². The molecule has 3 nitrogen and oxygen atoms in total. The van der Waals surface area contributed by atoms with Gasteiger partial charge in [0.15, 0.2) is 0 Å². The Balaban J connectivity index is 1.93. The SMILES string of the molecule is C=C[C@H](c1ccc(Cl)cc1Cl)[C@]1(c2cc3ccccc3o2)CCOC1=O. The van der Waals surface area contributed by atoms with Gasteiger partial charge in [0.05, 0.1) is 6.61 Å². The number of carbonyl (C=O) groups is 1. The van der Waals surface area contributed by atoms with Gasteiger partial charge >= 0.3 is 5.97 Å². The molecule has 0 spiro atoms. The van der Waals surface area contributed by atoms with Crippen LogP contribution in [0.25, 0.3) is 11.0 Å². The lowest BCUT2D eigenvalue weighted by molar-refractivity contribution is -0.143. The van der Waals surface area contributed by atoms with E-state index in [-0.39, 0.29) is 5.97 Å². The second-order valence-corrected chi connectivity index (χ2v) is 7.23. The van der Waals surface area contributed by atoms with E-state index in [9.17, 15) is 4.79 Å². The number of halogens is 2. The first-order valence-corrected chi connectivity index (χ1v) is 9.05. The van der Waals surface area contributed by atoms with E-state index in [2.05, 4.69) is 6.58 Å². The summed E-state index contributed by atoms with van der Waals surface area (Å²) in [5.74, 6) is -0.160. The Morgan fingerprint density at radius 3 is 2.62 bits per heavy atom. The molecule has 1 saturated heterocycles. The average Bonchev–Trinajstić information content (AvgIpc) is 3.22. The molecule has 0 aliphatic carbocycles. The molecule has 0 unspecified atom stereocenters. The molecule has 1 fully saturated rings. The molecule has 26 heavy (non-hydrogen) atoms. The highest BCUT2D eigenvalue weighted by atomic mass is 35.5. The van der Waals surface area contributed by atoms with Gasteiger partial charge in [-0.2, -0.15) is 0 Å². The van der Waals surface area contributed by atoms with Crippen LogP contribution in [-0.4, -0.2) is 12.6 Å². The maximum Gasteiger partial charge on any atom is 0.320 e. The highest BCUT2D eigenvalue weighted by molar-refractivity contribution is 6.35. The molecule has 2 heterocycles. The van der Waals surface area contributed by atoms with Crippen molar-refractivity contribution in [3.63, 3.8) is 0 Å². The number of para-hydroxylation sites is 1. The second kappa shape index (κ2) is 6.49. The third-order valence-electron chi connectivity index (χ3n) is 5.02. The molecule has 0 bridgehead atoms. The summed E-state index contributed by atoms with van der Waals surface area (Å²) in [4.78, 5) is 12.9. The first-order chi connectivity index (χ1) is 12.6. The van der Waals surface area contributed by atoms with Crippen LogP contribution >= 0.6 is 23.2 Å². The second-order valence-electron chi connectivity index (χ2n) is 6.38. The average molecular weight is 387 g/mol. The molecule has 1 aromatic heterocycles. The van der Waals surface area contributed by atoms with E-state index in [0.29, 0.717) is 28.8 Å². The molecule has 2 atom stereocenters. The molecule has 3 aromatic rings. The van der Waals surface area contributed by atoms with E-state index in [0.717, 1.165) is 16.5 Å². The Hall–Kier alpha value is -2.23. The van der Waals surface area contributed by atoms with Crippen molar-refractivity contribution in [2.24, 2.45) is 0 Å². The monoisotopic (exact) mass is 386 g/mol. The molecule has 132 valence electrons. The van der Waals surface area contributed by atoms with Crippen LogP contribution < -0.4 is 0 Å². The van der Waals surface area contributed by atoms with Crippen molar-refractivity contribution < 1.29 is 13.9 Å². The van der Waals surface area contributed by atoms with Crippen LogP contribution in [0, 0.1) is 0 Å². The van der Waals surface area contributed by atoms with Gasteiger partial charge in [0, 0.05) is 27.8 Å². The predicted octanol–water partition coefficient (Wildman–Crippen LogP) is 5.89. The van der Waals surface area contributed by atoms with E-state index in [1.807, 2.05) is 36.4 Å². The zero-order chi connectivity index (χ0) is 18.3. The molecule has 5 heteroatoms. The van der Waals surface area contributed by atoms with Gasteiger partial charge in [-0.15, -0.1) is 6.58 Å². The van der Waals surface area contributed by atoms with Gasteiger partial charge in [-0.1, -0.05) is 53.5 Å². The zero-order valence-corrected chi connectivity index (χ0v) is 15.4. The molecule has 2 aromatic carbocycles. The highest BCUT2D eigenvalue weighted by Gasteiger charge is 2.54. The Morgan fingerprint density at radius 1 is 1.15 bits per heavy atom. The minimum Gasteiger partial charge on any atom is -0.465 e. The minimum absolute atomic E-state index is 0.325. The molecule has 0 N–H and O–H groups in total. The van der Waals surface area contributed by atoms with Crippen LogP contribution in [-0.2, 0) is 14.9 Å². The fraction of sp³-hybridized carbons (Fsp3) is 0.190. The van der Waals surface area contributed by atoms with Crippen LogP contribution in [0.5, 0.6) is 0 Å². The number of ether oxygens (including phenoxy) is 1. The molecule has 1 aliphatic heterocycles. The molecular weight excluding hydrogens is 371 g/mol. The summed E-state index contributed by atoms with van der Waals surface area (Å²) in [6.45, 7) is 4.29. The van der Waals surface area contributed by atoms with Crippen LogP contribution in [0.1, 0.15) is 23.7 Å². The number of furan rings is 1. The summed E-state index contributed by atoms with van der Waals surface area (Å²) in [6, 6.07) is 14.8. The van der Waals surface area contributed by atoms with Gasteiger partial charge < -0.3 is 9.15 Å². The van der Waals surface area contributed by atoms with E-state index >= 15 is 0 Å². The summed E-state index contributed by atoms with van der Waals surface area (Å²) >= 11 is 12.5. The molecular formula is C21H16Cl2O3. The molecule has 0 amide bonds. The van der Waals surface area contributed by atoms with E-state index < -0.39 is 11.3 Å². The minimum atomic E-state index is -1.00. The number of carbonyl (C=O) groups excluding carboxylic acids is 1. The lowest BCUT2D eigenvalue weighted by Gasteiger charge is -2.31. The Kier molecular flexibility index (Phi) is 4.29. The highest BCUT2D eigenvalue weighted by Crippen LogP contribution is 2.49. The standard InChI is InChI=1S/C21H16Cl2O3/c1-2-16(15-8-7-14(22)12-17(15)23)21(9-10-25-20(21)24)19-11-13-5-3-4-6-18(13)26-19/h2-8,11-12,16H,1,9-10H2/t16-,21+/m1/s1. The number of fused-ring (bicyclic) bond motifs is 1. The zero-order valence-electron chi connectivity index (χ0n) is 13.9. The summed E-state index contributed by atoms with van der Waals surface area (Å²) in [7, 11) is 0. The van der Waals surface area contributed by atoms with Gasteiger partial charge in [0.25, 0.3) is 0 Å². The Labute approximate surface area is 161 Å². The van der Waals surface area contributed by atoms with Crippen molar-refractivity contribution in [1.29, 1.82) is 0 Å². The van der Waals surface area contributed by atoms with Crippen LogP contribution in [0.3, 0.4) is 0 Å². The first-order valence-electron chi connectivity index (χ1n) is 8.30. The van der Waals surface area contributed by atoms with Crippen LogP contribution in [0.2, 0.25) is 10.0 Å². The number of esters is 1. The van der Waals surface area contributed by atoms with Crippen molar-refractivity contribution in [1.82, 2.24) is 0 Å². The summed E-state index contributed by atoms with van der Waals surface area (Å²) in [6.07, 6.45) is 2.22. The number of benzene rings is 2. The summed E-state index contributed by atoms with van der Waals surface area (Å²) in [5, 5.41) is 1.96. The Morgan fingerprint density at radius 2 is 1.96 bits per heavy atom. The number of hydrogen-bond acceptors (Lipinski definition) is 3. The molecule has 0 radical (unpaired) electrons. The van der Waals surface area contributed by atoms with Crippen molar-refractivity contribution >= 4 is 40.1 Å². The van der Waals surface area contributed by atoms with E-state index in [1.165, 1.54) is 0 Å². The van der Waals surface area contributed by atoms with Gasteiger partial charge in [-0.25, -0.2) is 0 Å². The fourth-order valence-electron chi connectivity index (χ4n) is 3.74. The normalized spacial score (nSPS) is 20.9. The predicted molar refractivity (Wildman–Crippen MR) is 103 cm³/mol. The number of cyclic esters (lactones) is 1. The van der Waals surface area contributed by atoms with Crippen molar-refractivity contribution in [2.75, 3.05) is 6.61 Å². The van der Waals surface area contributed by atoms with Crippen LogP contribution in [0.15, 0.2) is 65.6 Å². The smallest absolute Gasteiger partial charge is 0.320 e. The van der Waals surface area contributed by atoms with Crippen molar-refractivity contribution in [3.05, 3.63) is 82.6 Å². The third kappa shape index (κ3) is 2.54. The molecule has 4 rings (SSSR count). The third-order valence-corrected chi connectivity index (χ3v) is 5.59. The molecule has 1 aliphatic rings. The van der Waals surface area contributed by atoms with Gasteiger partial charge in [-0.3, -0.25) is 4.79 Å². The van der Waals surface area contributed by atoms with Crippen molar-refractivity contribution in [3.8, 4) is 0 Å². The van der Waals surface area contributed by atoms with E-state index in [1.54, 1.807) is 18.2 Å². The maximum atomic E-state index is 12.9. The number of hydrogen-bond donors (Lipinski definition) is 0. The summed E-state index contributed by atoms with van der Waals surface area (Å²) in [5.41, 5.74) is 0.495. The van der Waals surface area contributed by atoms with Crippen molar-refractivity contribution in [2.45, 2.75) is 17.8 Å². The Bertz CT molecular complexity index is 974. The number of allylic oxidation sites excluding steroid dienone is 1. The van der Waals surface area contributed by atoms with Gasteiger partial charge in [0.1, 0.15) is 16.8 Å². The lowest BCUT2D eigenvalue weighted by atomic mass is 9.69.